The number of halogens is 1. The number of hydrogen-bond donors (Lipinski definition) is 1. The first kappa shape index (κ1) is 27.4. The Bertz CT molecular complexity index is 1330. The Morgan fingerprint density at radius 1 is 0.950 bits per heavy atom. The highest BCUT2D eigenvalue weighted by Gasteiger charge is 2.28. The largest absolute Gasteiger partial charge is 0.336 e. The van der Waals surface area contributed by atoms with Gasteiger partial charge in [-0.3, -0.25) is 19.4 Å². The number of carbonyl (C=O) groups is 2. The topological polar surface area (TPSA) is 92.6 Å². The molecule has 1 atom stereocenters. The summed E-state index contributed by atoms with van der Waals surface area (Å²) in [6.45, 7) is 5.13. The first-order valence-electron chi connectivity index (χ1n) is 13.7. The van der Waals surface area contributed by atoms with E-state index < -0.39 is 0 Å². The molecule has 3 heterocycles. The number of aromatic nitrogens is 1. The van der Waals surface area contributed by atoms with Gasteiger partial charge in [0.25, 0.3) is 0 Å². The van der Waals surface area contributed by atoms with Crippen molar-refractivity contribution in [3.05, 3.63) is 94.9 Å². The maximum Gasteiger partial charge on any atom is 0.228 e. The quantitative estimate of drug-likeness (QED) is 0.435. The monoisotopic (exact) mass is 540 g/mol. The third-order valence-electron chi connectivity index (χ3n) is 7.83. The van der Waals surface area contributed by atoms with Crippen LogP contribution in [0, 0.1) is 23.1 Å². The van der Waals surface area contributed by atoms with E-state index in [0.717, 1.165) is 62.1 Å². The molecule has 0 bridgehead atoms. The van der Waals surface area contributed by atoms with Crippen LogP contribution in [0.4, 0.5) is 10.2 Å². The maximum atomic E-state index is 13.3. The molecule has 0 saturated carbocycles. The van der Waals surface area contributed by atoms with Crippen LogP contribution in [0.15, 0.2) is 66.9 Å². The standard InChI is InChI=1S/C31H33FN6O2/c32-28-8-5-25(6-9-28)20-37-15-16-38(22-39)29(21-37)27-7-10-30(34-18-27)35-31(40)26-11-13-36(14-12-26)19-24-3-1-23(17-33)2-4-24/h1-10,18,22,26,29H,11-16,19-21H2,(H,34,35,40). The molecule has 5 rings (SSSR count). The summed E-state index contributed by atoms with van der Waals surface area (Å²) in [5, 5.41) is 11.9. The molecule has 0 radical (unpaired) electrons. The van der Waals surface area contributed by atoms with Gasteiger partial charge >= 0.3 is 0 Å². The molecule has 2 saturated heterocycles. The smallest absolute Gasteiger partial charge is 0.228 e. The van der Waals surface area contributed by atoms with Gasteiger partial charge in [-0.1, -0.05) is 30.3 Å². The number of piperazine rings is 1. The lowest BCUT2D eigenvalue weighted by atomic mass is 9.95. The van der Waals surface area contributed by atoms with Crippen LogP contribution in [-0.2, 0) is 22.7 Å². The number of amides is 2. The van der Waals surface area contributed by atoms with E-state index in [1.165, 1.54) is 12.1 Å². The van der Waals surface area contributed by atoms with Crippen molar-refractivity contribution >= 4 is 18.1 Å². The zero-order valence-corrected chi connectivity index (χ0v) is 22.4. The van der Waals surface area contributed by atoms with Crippen molar-refractivity contribution in [3.8, 4) is 6.07 Å². The normalized spacial score (nSPS) is 18.7. The molecule has 40 heavy (non-hydrogen) atoms. The van der Waals surface area contributed by atoms with E-state index in [0.29, 0.717) is 31.0 Å². The van der Waals surface area contributed by atoms with Crippen LogP contribution in [0.5, 0.6) is 0 Å². The zero-order chi connectivity index (χ0) is 27.9. The third-order valence-corrected chi connectivity index (χ3v) is 7.83. The van der Waals surface area contributed by atoms with Crippen molar-refractivity contribution in [1.29, 1.82) is 5.26 Å². The van der Waals surface area contributed by atoms with Gasteiger partial charge in [0.2, 0.25) is 12.3 Å². The Balaban J connectivity index is 1.13. The van der Waals surface area contributed by atoms with Crippen LogP contribution in [0.3, 0.4) is 0 Å². The second-order valence-electron chi connectivity index (χ2n) is 10.5. The lowest BCUT2D eigenvalue weighted by Crippen LogP contribution is -2.47. The summed E-state index contributed by atoms with van der Waals surface area (Å²) < 4.78 is 13.3. The SMILES string of the molecule is N#Cc1ccc(CN2CCC(C(=O)Nc3ccc(C4CN(Cc5ccc(F)cc5)CCN4C=O)cn3)CC2)cc1. The predicted molar refractivity (Wildman–Crippen MR) is 149 cm³/mol. The lowest BCUT2D eigenvalue weighted by molar-refractivity contribution is -0.123. The number of carbonyl (C=O) groups excluding carboxylic acids is 2. The minimum absolute atomic E-state index is 0.0177. The highest BCUT2D eigenvalue weighted by Crippen LogP contribution is 2.26. The van der Waals surface area contributed by atoms with Crippen LogP contribution >= 0.6 is 0 Å². The van der Waals surface area contributed by atoms with E-state index in [2.05, 4.69) is 26.2 Å². The molecule has 0 spiro atoms. The Morgan fingerprint density at radius 3 is 2.25 bits per heavy atom. The number of hydrogen-bond acceptors (Lipinski definition) is 6. The van der Waals surface area contributed by atoms with Gasteiger partial charge < -0.3 is 10.2 Å². The van der Waals surface area contributed by atoms with Gasteiger partial charge in [-0.2, -0.15) is 5.26 Å². The van der Waals surface area contributed by atoms with Gasteiger partial charge in [-0.05, 0) is 73.0 Å². The van der Waals surface area contributed by atoms with E-state index in [1.54, 1.807) is 29.3 Å². The molecule has 2 aliphatic rings. The molecule has 0 aliphatic carbocycles. The number of piperidine rings is 1. The molecule has 1 aromatic heterocycles. The summed E-state index contributed by atoms with van der Waals surface area (Å²) in [6.07, 6.45) is 4.17. The first-order chi connectivity index (χ1) is 19.5. The number of anilines is 1. The fraction of sp³-hybridized carbons (Fsp3) is 0.355. The second kappa shape index (κ2) is 12.8. The molecule has 2 aliphatic heterocycles. The van der Waals surface area contributed by atoms with E-state index in [1.807, 2.05) is 30.3 Å². The molecular weight excluding hydrogens is 507 g/mol. The number of rotatable bonds is 8. The van der Waals surface area contributed by atoms with Crippen LogP contribution < -0.4 is 5.32 Å². The number of benzene rings is 2. The Morgan fingerprint density at radius 2 is 1.62 bits per heavy atom. The zero-order valence-electron chi connectivity index (χ0n) is 22.4. The second-order valence-corrected chi connectivity index (χ2v) is 10.5. The minimum Gasteiger partial charge on any atom is -0.336 e. The van der Waals surface area contributed by atoms with Crippen LogP contribution in [0.1, 0.15) is 41.1 Å². The van der Waals surface area contributed by atoms with E-state index in [-0.39, 0.29) is 23.7 Å². The lowest BCUT2D eigenvalue weighted by Gasteiger charge is -2.39. The van der Waals surface area contributed by atoms with Crippen molar-refractivity contribution < 1.29 is 14.0 Å². The highest BCUT2D eigenvalue weighted by molar-refractivity contribution is 5.91. The summed E-state index contributed by atoms with van der Waals surface area (Å²) in [4.78, 5) is 35.6. The van der Waals surface area contributed by atoms with Crippen molar-refractivity contribution in [2.75, 3.05) is 38.0 Å². The number of nitrogens with zero attached hydrogens (tertiary/aromatic N) is 5. The van der Waals surface area contributed by atoms with Crippen molar-refractivity contribution in [1.82, 2.24) is 19.7 Å². The average molecular weight is 541 g/mol. The predicted octanol–water partition coefficient (Wildman–Crippen LogP) is 3.96. The van der Waals surface area contributed by atoms with Gasteiger partial charge in [-0.15, -0.1) is 0 Å². The van der Waals surface area contributed by atoms with Crippen LogP contribution in [0.25, 0.3) is 0 Å². The van der Waals surface area contributed by atoms with Gasteiger partial charge in [0, 0.05) is 44.8 Å². The molecular formula is C31H33FN6O2. The average Bonchev–Trinajstić information content (AvgIpc) is 2.99. The molecule has 3 aromatic rings. The molecule has 9 heteroatoms. The van der Waals surface area contributed by atoms with E-state index in [4.69, 9.17) is 5.26 Å². The van der Waals surface area contributed by atoms with Gasteiger partial charge in [-0.25, -0.2) is 9.37 Å². The number of nitrogens with one attached hydrogen (secondary N) is 1. The summed E-state index contributed by atoms with van der Waals surface area (Å²) in [6, 6.07) is 19.9. The molecule has 2 amide bonds. The van der Waals surface area contributed by atoms with Crippen LogP contribution in [0.2, 0.25) is 0 Å². The van der Waals surface area contributed by atoms with Gasteiger partial charge in [0.15, 0.2) is 0 Å². The van der Waals surface area contributed by atoms with E-state index >= 15 is 0 Å². The number of nitriles is 1. The molecule has 8 nitrogen and oxygen atoms in total. The Hall–Kier alpha value is -4.13. The molecule has 1 N–H and O–H groups in total. The molecule has 1 unspecified atom stereocenters. The summed E-state index contributed by atoms with van der Waals surface area (Å²) in [7, 11) is 0. The number of pyridine rings is 1. The molecule has 206 valence electrons. The minimum atomic E-state index is -0.254. The Kier molecular flexibility index (Phi) is 8.79. The fourth-order valence-corrected chi connectivity index (χ4v) is 5.47. The molecule has 2 fully saturated rings. The summed E-state index contributed by atoms with van der Waals surface area (Å²) in [5.74, 6) is 0.166. The van der Waals surface area contributed by atoms with Crippen LogP contribution in [-0.4, -0.2) is 64.7 Å². The van der Waals surface area contributed by atoms with Crippen molar-refractivity contribution in [2.45, 2.75) is 32.0 Å². The van der Waals surface area contributed by atoms with Gasteiger partial charge in [0.1, 0.15) is 11.6 Å². The molecule has 2 aromatic carbocycles. The fourth-order valence-electron chi connectivity index (χ4n) is 5.47. The van der Waals surface area contributed by atoms with Crippen molar-refractivity contribution in [3.63, 3.8) is 0 Å². The van der Waals surface area contributed by atoms with Gasteiger partial charge in [0.05, 0.1) is 17.7 Å². The first-order valence-corrected chi connectivity index (χ1v) is 13.7. The third kappa shape index (κ3) is 6.89. The Labute approximate surface area is 234 Å². The highest BCUT2D eigenvalue weighted by atomic mass is 19.1. The summed E-state index contributed by atoms with van der Waals surface area (Å²) >= 11 is 0. The van der Waals surface area contributed by atoms with Crippen molar-refractivity contribution in [2.24, 2.45) is 5.92 Å². The summed E-state index contributed by atoms with van der Waals surface area (Å²) in [5.41, 5.74) is 3.75. The number of likely N-dealkylation sites (tertiary alicyclic amines) is 1. The maximum absolute atomic E-state index is 13.3. The van der Waals surface area contributed by atoms with E-state index in [9.17, 15) is 14.0 Å².